The summed E-state index contributed by atoms with van der Waals surface area (Å²) in [6.45, 7) is 5.30. The maximum absolute atomic E-state index is 15.0. The molecule has 6 rings (SSSR count). The second kappa shape index (κ2) is 11.4. The summed E-state index contributed by atoms with van der Waals surface area (Å²) in [5.41, 5.74) is 7.10. The van der Waals surface area contributed by atoms with Crippen LogP contribution in [0.2, 0.25) is 0 Å². The first-order valence-corrected chi connectivity index (χ1v) is 13.1. The van der Waals surface area contributed by atoms with Crippen LogP contribution in [0.1, 0.15) is 32.6 Å². The van der Waals surface area contributed by atoms with Gasteiger partial charge in [0.2, 0.25) is 5.43 Å². The second-order valence-corrected chi connectivity index (χ2v) is 10.1. The summed E-state index contributed by atoms with van der Waals surface area (Å²) in [4.78, 5) is 22.3. The molecule has 43 heavy (non-hydrogen) atoms. The predicted molar refractivity (Wildman–Crippen MR) is 160 cm³/mol. The Bertz CT molecular complexity index is 2060. The van der Waals surface area contributed by atoms with Crippen LogP contribution in [0.3, 0.4) is 0 Å². The third-order valence-electron chi connectivity index (χ3n) is 6.83. The topological polar surface area (TPSA) is 109 Å². The molecule has 0 spiro atoms. The Labute approximate surface area is 249 Å². The zero-order valence-electron chi connectivity index (χ0n) is 23.1. The number of hydrogen-bond donors (Lipinski definition) is 1. The largest absolute Gasteiger partial charge is 0.488 e. The number of aromatic nitrogens is 4. The minimum Gasteiger partial charge on any atom is -0.488 e. The minimum absolute atomic E-state index is 0. The van der Waals surface area contributed by atoms with E-state index < -0.39 is 28.9 Å². The Hall–Kier alpha value is -4.90. The molecule has 3 aromatic carbocycles. The molecule has 1 unspecified atom stereocenters. The Kier molecular flexibility index (Phi) is 7.85. The average Bonchev–Trinajstić information content (AvgIpc) is 3.35. The van der Waals surface area contributed by atoms with Crippen molar-refractivity contribution in [1.29, 1.82) is 0 Å². The van der Waals surface area contributed by atoms with Crippen LogP contribution in [0, 0.1) is 17.5 Å². The fourth-order valence-electron chi connectivity index (χ4n) is 4.97. The highest BCUT2D eigenvalue weighted by Crippen LogP contribution is 2.37. The number of nitrogens with two attached hydrogens (primary N) is 1. The summed E-state index contributed by atoms with van der Waals surface area (Å²) < 4.78 is 56.6. The lowest BCUT2D eigenvalue weighted by Crippen LogP contribution is -2.16. The molecule has 0 amide bonds. The molecule has 0 aliphatic heterocycles. The minimum atomic E-state index is -0.815. The molecule has 12 heteroatoms. The van der Waals surface area contributed by atoms with Crippen LogP contribution in [0.25, 0.3) is 44.4 Å². The van der Waals surface area contributed by atoms with Crippen LogP contribution in [0.5, 0.6) is 5.75 Å². The number of anilines is 1. The lowest BCUT2D eigenvalue weighted by Gasteiger charge is -2.17. The van der Waals surface area contributed by atoms with Gasteiger partial charge in [-0.05, 0) is 74.9 Å². The second-order valence-electron chi connectivity index (χ2n) is 10.1. The van der Waals surface area contributed by atoms with Gasteiger partial charge >= 0.3 is 0 Å². The van der Waals surface area contributed by atoms with Crippen molar-refractivity contribution in [2.24, 2.45) is 0 Å². The van der Waals surface area contributed by atoms with Gasteiger partial charge in [0.05, 0.1) is 22.4 Å². The molecule has 3 aromatic heterocycles. The van der Waals surface area contributed by atoms with Gasteiger partial charge in [-0.2, -0.15) is 5.10 Å². The monoisotopic (exact) mass is 607 g/mol. The summed E-state index contributed by atoms with van der Waals surface area (Å²) >= 11 is 0. The molecule has 0 aliphatic rings. The van der Waals surface area contributed by atoms with Gasteiger partial charge in [-0.25, -0.2) is 27.8 Å². The van der Waals surface area contributed by atoms with Gasteiger partial charge in [0.15, 0.2) is 17.2 Å². The van der Waals surface area contributed by atoms with Crippen LogP contribution in [-0.2, 0) is 0 Å². The number of hydrogen-bond acceptors (Lipinski definition) is 7. The SMILES string of the molecule is CC(C)Oc1ccc(-c2nn(C(C)c3oc4ccc(F)cc4c(=O)c3-c3cccc(F)c3)c3ncnc(N)c23)cc1F.Cl. The van der Waals surface area contributed by atoms with Gasteiger partial charge < -0.3 is 14.9 Å². The number of halogens is 4. The van der Waals surface area contributed by atoms with E-state index in [1.54, 1.807) is 32.9 Å². The van der Waals surface area contributed by atoms with E-state index in [9.17, 15) is 18.0 Å². The Morgan fingerprint density at radius 2 is 1.70 bits per heavy atom. The van der Waals surface area contributed by atoms with Gasteiger partial charge in [0.25, 0.3) is 0 Å². The predicted octanol–water partition coefficient (Wildman–Crippen LogP) is 7.08. The summed E-state index contributed by atoms with van der Waals surface area (Å²) in [7, 11) is 0. The van der Waals surface area contributed by atoms with Gasteiger partial charge in [0, 0.05) is 5.56 Å². The molecule has 0 aliphatic carbocycles. The van der Waals surface area contributed by atoms with Crippen molar-refractivity contribution < 1.29 is 22.3 Å². The van der Waals surface area contributed by atoms with Crippen molar-refractivity contribution in [3.05, 3.63) is 100 Å². The van der Waals surface area contributed by atoms with E-state index in [2.05, 4.69) is 9.97 Å². The molecular formula is C31H25ClF3N5O3. The first-order chi connectivity index (χ1) is 20.1. The van der Waals surface area contributed by atoms with Crippen LogP contribution >= 0.6 is 12.4 Å². The molecule has 0 saturated heterocycles. The maximum Gasteiger partial charge on any atom is 0.200 e. The van der Waals surface area contributed by atoms with Crippen molar-refractivity contribution in [1.82, 2.24) is 19.7 Å². The van der Waals surface area contributed by atoms with Crippen LogP contribution in [0.15, 0.2) is 76.2 Å². The average molecular weight is 608 g/mol. The molecule has 220 valence electrons. The molecule has 0 saturated carbocycles. The van der Waals surface area contributed by atoms with Crippen molar-refractivity contribution in [3.63, 3.8) is 0 Å². The van der Waals surface area contributed by atoms with E-state index in [-0.39, 0.29) is 57.9 Å². The smallest absolute Gasteiger partial charge is 0.200 e. The lowest BCUT2D eigenvalue weighted by molar-refractivity contribution is 0.231. The molecule has 8 nitrogen and oxygen atoms in total. The third-order valence-corrected chi connectivity index (χ3v) is 6.83. The van der Waals surface area contributed by atoms with Gasteiger partial charge in [-0.3, -0.25) is 4.79 Å². The summed E-state index contributed by atoms with van der Waals surface area (Å²) in [5, 5.41) is 5.10. The van der Waals surface area contributed by atoms with Crippen LogP contribution in [-0.4, -0.2) is 25.9 Å². The summed E-state index contributed by atoms with van der Waals surface area (Å²) in [6.07, 6.45) is 1.04. The van der Waals surface area contributed by atoms with Crippen LogP contribution < -0.4 is 15.9 Å². The quantitative estimate of drug-likeness (QED) is 0.215. The van der Waals surface area contributed by atoms with Gasteiger partial charge in [0.1, 0.15) is 46.9 Å². The number of rotatable bonds is 6. The van der Waals surface area contributed by atoms with E-state index in [0.717, 1.165) is 6.07 Å². The van der Waals surface area contributed by atoms with Crippen LogP contribution in [0.4, 0.5) is 19.0 Å². The number of benzene rings is 3. The van der Waals surface area contributed by atoms with Crippen molar-refractivity contribution >= 4 is 40.2 Å². The first kappa shape index (κ1) is 29.6. The Morgan fingerprint density at radius 3 is 2.42 bits per heavy atom. The molecule has 0 bridgehead atoms. The zero-order chi connectivity index (χ0) is 29.7. The number of nitrogens with zero attached hydrogens (tertiary/aromatic N) is 4. The zero-order valence-corrected chi connectivity index (χ0v) is 24.0. The molecule has 2 N–H and O–H groups in total. The van der Waals surface area contributed by atoms with Crippen molar-refractivity contribution in [3.8, 4) is 28.1 Å². The Morgan fingerprint density at radius 1 is 0.930 bits per heavy atom. The highest BCUT2D eigenvalue weighted by Gasteiger charge is 2.27. The van der Waals surface area contributed by atoms with E-state index >= 15 is 0 Å². The molecule has 1 atom stereocenters. The molecule has 0 fully saturated rings. The van der Waals surface area contributed by atoms with Crippen molar-refractivity contribution in [2.75, 3.05) is 5.73 Å². The normalized spacial score (nSPS) is 12.1. The molecule has 3 heterocycles. The summed E-state index contributed by atoms with van der Waals surface area (Å²) in [6, 6.07) is 12.7. The standard InChI is InChI=1S/C31H24F3N5O3.ClH/c1-15(2)41-24-9-7-18(12-22(24)34)27-26-30(35)36-14-37-31(26)39(38-27)16(3)29-25(17-5-4-6-19(32)11-17)28(40)21-13-20(33)8-10-23(21)42-29;/h4-16H,1-3H3,(H2,35,36,37);1H. The fourth-order valence-corrected chi connectivity index (χ4v) is 4.97. The third kappa shape index (κ3) is 5.27. The summed E-state index contributed by atoms with van der Waals surface area (Å²) in [5.74, 6) is -1.45. The molecule has 6 aromatic rings. The Balaban J connectivity index is 0.00000368. The van der Waals surface area contributed by atoms with Gasteiger partial charge in [-0.15, -0.1) is 12.4 Å². The maximum atomic E-state index is 15.0. The van der Waals surface area contributed by atoms with E-state index in [1.165, 1.54) is 53.5 Å². The number of fused-ring (bicyclic) bond motifs is 2. The molecule has 0 radical (unpaired) electrons. The van der Waals surface area contributed by atoms with E-state index in [1.807, 2.05) is 0 Å². The van der Waals surface area contributed by atoms with Crippen molar-refractivity contribution in [2.45, 2.75) is 32.9 Å². The number of nitrogen functional groups attached to an aromatic ring is 1. The number of ether oxygens (including phenoxy) is 1. The fraction of sp³-hybridized carbons (Fsp3) is 0.161. The van der Waals surface area contributed by atoms with Gasteiger partial charge in [-0.1, -0.05) is 12.1 Å². The molecular weight excluding hydrogens is 583 g/mol. The van der Waals surface area contributed by atoms with E-state index in [4.69, 9.17) is 20.0 Å². The highest BCUT2D eigenvalue weighted by atomic mass is 35.5. The first-order valence-electron chi connectivity index (χ1n) is 13.1. The highest BCUT2D eigenvalue weighted by molar-refractivity contribution is 5.98. The lowest BCUT2D eigenvalue weighted by atomic mass is 9.99. The van der Waals surface area contributed by atoms with E-state index in [0.29, 0.717) is 22.3 Å².